The van der Waals surface area contributed by atoms with E-state index in [2.05, 4.69) is 21.2 Å². The van der Waals surface area contributed by atoms with Crippen LogP contribution >= 0.6 is 15.9 Å². The van der Waals surface area contributed by atoms with Crippen molar-refractivity contribution in [2.45, 2.75) is 18.9 Å². The number of carbonyl (C=O) groups excluding carboxylic acids is 1. The summed E-state index contributed by atoms with van der Waals surface area (Å²) in [6, 6.07) is 10.6. The second-order valence-electron chi connectivity index (χ2n) is 5.66. The molecule has 1 aliphatic rings. The maximum atomic E-state index is 11.9. The van der Waals surface area contributed by atoms with Gasteiger partial charge in [-0.1, -0.05) is 28.1 Å². The van der Waals surface area contributed by atoms with Crippen molar-refractivity contribution >= 4 is 38.6 Å². The summed E-state index contributed by atoms with van der Waals surface area (Å²) in [7, 11) is 0. The predicted octanol–water partition coefficient (Wildman–Crippen LogP) is 2.96. The van der Waals surface area contributed by atoms with Crippen molar-refractivity contribution in [3.05, 3.63) is 40.9 Å². The van der Waals surface area contributed by atoms with Crippen molar-refractivity contribution in [2.75, 3.05) is 6.61 Å². The number of halogens is 1. The van der Waals surface area contributed by atoms with Crippen molar-refractivity contribution in [3.63, 3.8) is 0 Å². The molecule has 1 saturated carbocycles. The average Bonchev–Trinajstić information content (AvgIpc) is 3.35. The monoisotopic (exact) mass is 377 g/mol. The number of carboxylic acid groups (broad SMARTS) is 1. The molecule has 6 heteroatoms. The third-order valence-electron chi connectivity index (χ3n) is 3.82. The molecule has 3 rings (SSSR count). The minimum atomic E-state index is -0.989. The van der Waals surface area contributed by atoms with E-state index in [4.69, 9.17) is 9.84 Å². The van der Waals surface area contributed by atoms with Gasteiger partial charge in [-0.25, -0.2) is 4.79 Å². The first kappa shape index (κ1) is 15.8. The van der Waals surface area contributed by atoms with Crippen LogP contribution in [0.5, 0.6) is 5.75 Å². The topological polar surface area (TPSA) is 75.6 Å². The van der Waals surface area contributed by atoms with Crippen LogP contribution in [0.3, 0.4) is 0 Å². The van der Waals surface area contributed by atoms with E-state index in [1.807, 2.05) is 30.3 Å². The van der Waals surface area contributed by atoms with Crippen LogP contribution in [0, 0.1) is 5.92 Å². The molecule has 0 bridgehead atoms. The van der Waals surface area contributed by atoms with Gasteiger partial charge in [0.2, 0.25) is 0 Å². The molecular formula is C17H16BrNO4. The quantitative estimate of drug-likeness (QED) is 0.811. The van der Waals surface area contributed by atoms with E-state index in [1.54, 1.807) is 6.07 Å². The van der Waals surface area contributed by atoms with Crippen LogP contribution in [0.4, 0.5) is 0 Å². The van der Waals surface area contributed by atoms with Crippen molar-refractivity contribution in [3.8, 4) is 5.75 Å². The lowest BCUT2D eigenvalue weighted by Crippen LogP contribution is -2.44. The number of benzene rings is 2. The van der Waals surface area contributed by atoms with Gasteiger partial charge in [0.15, 0.2) is 6.61 Å². The first-order chi connectivity index (χ1) is 11.0. The zero-order chi connectivity index (χ0) is 16.4. The first-order valence-corrected chi connectivity index (χ1v) is 8.16. The molecule has 0 saturated heterocycles. The van der Waals surface area contributed by atoms with Gasteiger partial charge >= 0.3 is 5.97 Å². The molecule has 0 radical (unpaired) electrons. The zero-order valence-corrected chi connectivity index (χ0v) is 13.9. The molecule has 1 amide bonds. The number of aliphatic carboxylic acids is 1. The van der Waals surface area contributed by atoms with Crippen LogP contribution in [-0.4, -0.2) is 29.6 Å². The van der Waals surface area contributed by atoms with Crippen LogP contribution in [0.2, 0.25) is 0 Å². The molecule has 1 atom stereocenters. The largest absolute Gasteiger partial charge is 0.484 e. The summed E-state index contributed by atoms with van der Waals surface area (Å²) in [5.41, 5.74) is 0. The molecule has 1 unspecified atom stereocenters. The lowest BCUT2D eigenvalue weighted by Gasteiger charge is -2.14. The number of rotatable bonds is 6. The van der Waals surface area contributed by atoms with Crippen molar-refractivity contribution in [1.82, 2.24) is 5.32 Å². The highest BCUT2D eigenvalue weighted by molar-refractivity contribution is 9.10. The van der Waals surface area contributed by atoms with Gasteiger partial charge in [0.05, 0.1) is 0 Å². The first-order valence-electron chi connectivity index (χ1n) is 7.37. The van der Waals surface area contributed by atoms with Crippen LogP contribution in [0.1, 0.15) is 12.8 Å². The zero-order valence-electron chi connectivity index (χ0n) is 12.3. The number of amides is 1. The van der Waals surface area contributed by atoms with Crippen molar-refractivity contribution < 1.29 is 19.4 Å². The number of carboxylic acids is 1. The molecule has 0 heterocycles. The summed E-state index contributed by atoms with van der Waals surface area (Å²) in [6.45, 7) is -0.196. The van der Waals surface area contributed by atoms with Gasteiger partial charge in [0.25, 0.3) is 5.91 Å². The minimum absolute atomic E-state index is 0.0514. The summed E-state index contributed by atoms with van der Waals surface area (Å²) in [5, 5.41) is 13.7. The van der Waals surface area contributed by atoms with Gasteiger partial charge in [-0.3, -0.25) is 4.79 Å². The van der Waals surface area contributed by atoms with Crippen LogP contribution in [0.15, 0.2) is 40.9 Å². The van der Waals surface area contributed by atoms with E-state index < -0.39 is 17.9 Å². The Bertz CT molecular complexity index is 757. The molecule has 23 heavy (non-hydrogen) atoms. The van der Waals surface area contributed by atoms with Gasteiger partial charge in [0, 0.05) is 4.47 Å². The van der Waals surface area contributed by atoms with Crippen LogP contribution in [-0.2, 0) is 9.59 Å². The lowest BCUT2D eigenvalue weighted by molar-refractivity contribution is -0.142. The Morgan fingerprint density at radius 1 is 1.22 bits per heavy atom. The molecule has 1 fully saturated rings. The highest BCUT2D eigenvalue weighted by Gasteiger charge is 2.37. The second kappa shape index (κ2) is 6.58. The fourth-order valence-electron chi connectivity index (χ4n) is 2.46. The molecular weight excluding hydrogens is 362 g/mol. The fraction of sp³-hybridized carbons (Fsp3) is 0.294. The Morgan fingerprint density at radius 2 is 1.91 bits per heavy atom. The summed E-state index contributed by atoms with van der Waals surface area (Å²) in [6.07, 6.45) is 1.69. The van der Waals surface area contributed by atoms with E-state index in [-0.39, 0.29) is 12.5 Å². The maximum Gasteiger partial charge on any atom is 0.326 e. The van der Waals surface area contributed by atoms with E-state index in [1.165, 1.54) is 0 Å². The molecule has 0 aromatic heterocycles. The van der Waals surface area contributed by atoms with Gasteiger partial charge < -0.3 is 15.2 Å². The maximum absolute atomic E-state index is 11.9. The number of fused-ring (bicyclic) bond motifs is 1. The summed E-state index contributed by atoms with van der Waals surface area (Å²) in [4.78, 5) is 23.0. The Labute approximate surface area is 141 Å². The molecule has 2 N–H and O–H groups in total. The molecule has 2 aromatic carbocycles. The molecule has 1 aliphatic carbocycles. The summed E-state index contributed by atoms with van der Waals surface area (Å²) >= 11 is 3.42. The normalized spacial score (nSPS) is 15.2. The number of hydrogen-bond acceptors (Lipinski definition) is 3. The van der Waals surface area contributed by atoms with Crippen molar-refractivity contribution in [2.24, 2.45) is 5.92 Å². The van der Waals surface area contributed by atoms with Gasteiger partial charge in [-0.2, -0.15) is 0 Å². The van der Waals surface area contributed by atoms with E-state index in [9.17, 15) is 9.59 Å². The second-order valence-corrected chi connectivity index (χ2v) is 6.58. The fourth-order valence-corrected chi connectivity index (χ4v) is 2.84. The Kier molecular flexibility index (Phi) is 4.52. The number of ether oxygens (including phenoxy) is 1. The van der Waals surface area contributed by atoms with Gasteiger partial charge in [-0.15, -0.1) is 0 Å². The highest BCUT2D eigenvalue weighted by Crippen LogP contribution is 2.32. The number of nitrogens with one attached hydrogen (secondary N) is 1. The molecule has 2 aromatic rings. The standard InChI is InChI=1S/C17H16BrNO4/c18-13-5-3-12-8-14(6-4-11(12)7-13)23-9-15(20)19-16(17(21)22)10-1-2-10/h3-8,10,16H,1-2,9H2,(H,19,20)(H,21,22). The van der Waals surface area contributed by atoms with Crippen LogP contribution in [0.25, 0.3) is 10.8 Å². The number of carbonyl (C=O) groups is 2. The van der Waals surface area contributed by atoms with E-state index in [0.717, 1.165) is 28.1 Å². The van der Waals surface area contributed by atoms with E-state index >= 15 is 0 Å². The smallest absolute Gasteiger partial charge is 0.326 e. The van der Waals surface area contributed by atoms with Crippen LogP contribution < -0.4 is 10.1 Å². The Morgan fingerprint density at radius 3 is 2.61 bits per heavy atom. The summed E-state index contributed by atoms with van der Waals surface area (Å²) in [5.74, 6) is -0.777. The Balaban J connectivity index is 1.60. The van der Waals surface area contributed by atoms with Gasteiger partial charge in [-0.05, 0) is 53.8 Å². The lowest BCUT2D eigenvalue weighted by atomic mass is 10.1. The average molecular weight is 378 g/mol. The summed E-state index contributed by atoms with van der Waals surface area (Å²) < 4.78 is 6.47. The third kappa shape index (κ3) is 4.01. The third-order valence-corrected chi connectivity index (χ3v) is 4.31. The SMILES string of the molecule is O=C(COc1ccc2cc(Br)ccc2c1)NC(C(=O)O)C1CC1. The highest BCUT2D eigenvalue weighted by atomic mass is 79.9. The van der Waals surface area contributed by atoms with Crippen molar-refractivity contribution in [1.29, 1.82) is 0 Å². The molecule has 120 valence electrons. The Hall–Kier alpha value is -2.08. The molecule has 0 aliphatic heterocycles. The predicted molar refractivity (Wildman–Crippen MR) is 89.4 cm³/mol. The van der Waals surface area contributed by atoms with E-state index in [0.29, 0.717) is 5.75 Å². The minimum Gasteiger partial charge on any atom is -0.484 e. The van der Waals surface area contributed by atoms with Gasteiger partial charge in [0.1, 0.15) is 11.8 Å². The molecule has 5 nitrogen and oxygen atoms in total. The molecule has 0 spiro atoms. The number of hydrogen-bond donors (Lipinski definition) is 2.